The normalized spacial score (nSPS) is 12.1. The Kier molecular flexibility index (Phi) is 4.42. The van der Waals surface area contributed by atoms with Crippen molar-refractivity contribution < 1.29 is 14.7 Å². The van der Waals surface area contributed by atoms with E-state index in [1.165, 1.54) is 0 Å². The smallest absolute Gasteiger partial charge is 0.326 e. The Morgan fingerprint density at radius 3 is 2.38 bits per heavy atom. The van der Waals surface area contributed by atoms with Gasteiger partial charge in [-0.05, 0) is 36.2 Å². The third-order valence-electron chi connectivity index (χ3n) is 3.23. The molecule has 0 radical (unpaired) electrons. The van der Waals surface area contributed by atoms with Gasteiger partial charge in [0.05, 0.1) is 0 Å². The molecule has 110 valence electrons. The number of nitrogens with zero attached hydrogens (tertiary/aromatic N) is 1. The first-order valence-electron chi connectivity index (χ1n) is 6.76. The molecule has 2 aromatic rings. The maximum absolute atomic E-state index is 12.2. The number of nitrogens with one attached hydrogen (secondary N) is 1. The molecule has 0 aliphatic carbocycles. The maximum Gasteiger partial charge on any atom is 0.326 e. The lowest BCUT2D eigenvalue weighted by Gasteiger charge is -2.18. The molecule has 1 amide bonds. The summed E-state index contributed by atoms with van der Waals surface area (Å²) in [7, 11) is 0. The highest BCUT2D eigenvalue weighted by atomic mass is 16.4. The van der Waals surface area contributed by atoms with Crippen molar-refractivity contribution in [3.63, 3.8) is 0 Å². The second kappa shape index (κ2) is 6.26. The summed E-state index contributed by atoms with van der Waals surface area (Å²) < 4.78 is 1.88. The van der Waals surface area contributed by atoms with Gasteiger partial charge in [-0.1, -0.05) is 19.9 Å². The molecule has 1 atom stereocenters. The topological polar surface area (TPSA) is 71.3 Å². The molecular formula is C16H18N2O3. The molecule has 0 aliphatic rings. The van der Waals surface area contributed by atoms with Crippen LogP contribution in [0.4, 0.5) is 0 Å². The molecule has 1 aromatic carbocycles. The van der Waals surface area contributed by atoms with E-state index in [4.69, 9.17) is 5.11 Å². The van der Waals surface area contributed by atoms with Crippen LogP contribution in [-0.2, 0) is 4.79 Å². The van der Waals surface area contributed by atoms with Gasteiger partial charge in [-0.25, -0.2) is 4.79 Å². The molecule has 1 heterocycles. The molecule has 1 aromatic heterocycles. The number of carboxylic acid groups (broad SMARTS) is 1. The van der Waals surface area contributed by atoms with Crippen LogP contribution in [0.3, 0.4) is 0 Å². The molecule has 0 aliphatic heterocycles. The van der Waals surface area contributed by atoms with E-state index in [1.54, 1.807) is 32.0 Å². The third-order valence-corrected chi connectivity index (χ3v) is 3.23. The second-order valence-electron chi connectivity index (χ2n) is 5.17. The number of carbonyl (C=O) groups is 2. The molecule has 0 bridgehead atoms. The highest BCUT2D eigenvalue weighted by Gasteiger charge is 2.23. The number of carboxylic acids is 1. The summed E-state index contributed by atoms with van der Waals surface area (Å²) in [4.78, 5) is 23.3. The van der Waals surface area contributed by atoms with E-state index in [2.05, 4.69) is 5.32 Å². The number of amides is 1. The van der Waals surface area contributed by atoms with E-state index in [1.807, 2.05) is 35.2 Å². The molecule has 0 saturated carbocycles. The summed E-state index contributed by atoms with van der Waals surface area (Å²) in [5, 5.41) is 11.7. The second-order valence-corrected chi connectivity index (χ2v) is 5.17. The number of hydrogen-bond donors (Lipinski definition) is 2. The van der Waals surface area contributed by atoms with E-state index in [0.717, 1.165) is 5.69 Å². The van der Waals surface area contributed by atoms with Gasteiger partial charge in [0.1, 0.15) is 6.04 Å². The summed E-state index contributed by atoms with van der Waals surface area (Å²) in [6, 6.07) is 9.95. The lowest BCUT2D eigenvalue weighted by molar-refractivity contribution is -0.140. The number of hydrogen-bond acceptors (Lipinski definition) is 2. The van der Waals surface area contributed by atoms with Crippen molar-refractivity contribution in [3.05, 3.63) is 54.4 Å². The van der Waals surface area contributed by atoms with Crippen molar-refractivity contribution in [3.8, 4) is 5.69 Å². The highest BCUT2D eigenvalue weighted by molar-refractivity contribution is 5.97. The summed E-state index contributed by atoms with van der Waals surface area (Å²) in [6.45, 7) is 3.52. The Labute approximate surface area is 123 Å². The fraction of sp³-hybridized carbons (Fsp3) is 0.250. The Balaban J connectivity index is 2.20. The predicted molar refractivity (Wildman–Crippen MR) is 79.5 cm³/mol. The summed E-state index contributed by atoms with van der Waals surface area (Å²) in [6.07, 6.45) is 3.76. The van der Waals surface area contributed by atoms with Crippen LogP contribution in [0, 0.1) is 5.92 Å². The van der Waals surface area contributed by atoms with Crippen molar-refractivity contribution in [2.45, 2.75) is 19.9 Å². The van der Waals surface area contributed by atoms with Crippen LogP contribution < -0.4 is 5.32 Å². The zero-order chi connectivity index (χ0) is 15.4. The third kappa shape index (κ3) is 3.51. The monoisotopic (exact) mass is 286 g/mol. The van der Waals surface area contributed by atoms with Gasteiger partial charge in [-0.15, -0.1) is 0 Å². The van der Waals surface area contributed by atoms with Crippen LogP contribution in [0.15, 0.2) is 48.8 Å². The first kappa shape index (κ1) is 14.8. The van der Waals surface area contributed by atoms with Crippen molar-refractivity contribution >= 4 is 11.9 Å². The average molecular weight is 286 g/mol. The first-order valence-corrected chi connectivity index (χ1v) is 6.76. The molecule has 2 rings (SSSR count). The molecule has 2 N–H and O–H groups in total. The molecular weight excluding hydrogens is 268 g/mol. The average Bonchev–Trinajstić information content (AvgIpc) is 2.98. The van der Waals surface area contributed by atoms with Crippen LogP contribution in [0.2, 0.25) is 0 Å². The lowest BCUT2D eigenvalue weighted by atomic mass is 10.0. The lowest BCUT2D eigenvalue weighted by Crippen LogP contribution is -2.44. The quantitative estimate of drug-likeness (QED) is 0.886. The van der Waals surface area contributed by atoms with Crippen LogP contribution in [-0.4, -0.2) is 27.6 Å². The fourth-order valence-corrected chi connectivity index (χ4v) is 2.05. The van der Waals surface area contributed by atoms with E-state index in [-0.39, 0.29) is 11.8 Å². The van der Waals surface area contributed by atoms with Crippen molar-refractivity contribution in [2.24, 2.45) is 5.92 Å². The first-order chi connectivity index (χ1) is 9.99. The summed E-state index contributed by atoms with van der Waals surface area (Å²) in [5.41, 5.74) is 1.29. The number of rotatable bonds is 5. The van der Waals surface area contributed by atoms with E-state index in [0.29, 0.717) is 5.56 Å². The van der Waals surface area contributed by atoms with Gasteiger partial charge < -0.3 is 15.0 Å². The van der Waals surface area contributed by atoms with Crippen LogP contribution in [0.1, 0.15) is 24.2 Å². The zero-order valence-electron chi connectivity index (χ0n) is 12.0. The molecule has 0 fully saturated rings. The number of aromatic nitrogens is 1. The Hall–Kier alpha value is -2.56. The zero-order valence-corrected chi connectivity index (χ0v) is 12.0. The van der Waals surface area contributed by atoms with Gasteiger partial charge >= 0.3 is 5.97 Å². The molecule has 21 heavy (non-hydrogen) atoms. The minimum atomic E-state index is -1.03. The largest absolute Gasteiger partial charge is 0.480 e. The van der Waals surface area contributed by atoms with Crippen LogP contribution in [0.5, 0.6) is 0 Å². The summed E-state index contributed by atoms with van der Waals surface area (Å²) >= 11 is 0. The molecule has 5 heteroatoms. The molecule has 0 saturated heterocycles. The Morgan fingerprint density at radius 1 is 1.14 bits per heavy atom. The van der Waals surface area contributed by atoms with Crippen molar-refractivity contribution in [1.82, 2.24) is 9.88 Å². The van der Waals surface area contributed by atoms with Gasteiger partial charge in [-0.3, -0.25) is 4.79 Å². The SMILES string of the molecule is CC(C)[C@@H](NC(=O)c1cccc(-n2cccc2)c1)C(=O)O. The van der Waals surface area contributed by atoms with Gasteiger partial charge in [0, 0.05) is 23.6 Å². The molecule has 0 spiro atoms. The van der Waals surface area contributed by atoms with Gasteiger partial charge in [0.25, 0.3) is 5.91 Å². The van der Waals surface area contributed by atoms with Crippen molar-refractivity contribution in [2.75, 3.05) is 0 Å². The van der Waals surface area contributed by atoms with E-state index >= 15 is 0 Å². The number of carbonyl (C=O) groups excluding carboxylic acids is 1. The van der Waals surface area contributed by atoms with Gasteiger partial charge in [0.2, 0.25) is 0 Å². The standard InChI is InChI=1S/C16H18N2O3/c1-11(2)14(16(20)21)17-15(19)12-6-5-7-13(10-12)18-8-3-4-9-18/h3-11,14H,1-2H3,(H,17,19)(H,20,21)/t14-/m1/s1. The number of aliphatic carboxylic acids is 1. The van der Waals surface area contributed by atoms with Crippen LogP contribution >= 0.6 is 0 Å². The summed E-state index contributed by atoms with van der Waals surface area (Å²) in [5.74, 6) is -1.59. The molecule has 5 nitrogen and oxygen atoms in total. The Morgan fingerprint density at radius 2 is 1.81 bits per heavy atom. The van der Waals surface area contributed by atoms with E-state index < -0.39 is 12.0 Å². The minimum Gasteiger partial charge on any atom is -0.480 e. The molecule has 0 unspecified atom stereocenters. The maximum atomic E-state index is 12.2. The van der Waals surface area contributed by atoms with Crippen LogP contribution in [0.25, 0.3) is 5.69 Å². The highest BCUT2D eigenvalue weighted by Crippen LogP contribution is 2.12. The Bertz CT molecular complexity index is 633. The van der Waals surface area contributed by atoms with Crippen molar-refractivity contribution in [1.29, 1.82) is 0 Å². The predicted octanol–water partition coefficient (Wildman–Crippen LogP) is 2.32. The van der Waals surface area contributed by atoms with Gasteiger partial charge in [-0.2, -0.15) is 0 Å². The fourth-order valence-electron chi connectivity index (χ4n) is 2.05. The minimum absolute atomic E-state index is 0.181. The number of benzene rings is 1. The van der Waals surface area contributed by atoms with E-state index in [9.17, 15) is 9.59 Å². The van der Waals surface area contributed by atoms with Gasteiger partial charge in [0.15, 0.2) is 0 Å².